The largest absolute Gasteiger partial charge is 0.326 e. The lowest BCUT2D eigenvalue weighted by Crippen LogP contribution is -2.22. The molecule has 126 valence electrons. The first-order valence-corrected chi connectivity index (χ1v) is 9.22. The maximum atomic E-state index is 11.9. The zero-order valence-corrected chi connectivity index (χ0v) is 15.8. The monoisotopic (exact) mass is 367 g/mol. The standard InChI is InChI=1S/C19H17N3OS2/c1-10-4-6-13-12(8-10)5-7-15-17(25-11(2)20-15)16(13)14-9-22(3)19(23)21-18(14)24/h4-9,16H,1-3H3,(H,21,23,24). The third-order valence-corrected chi connectivity index (χ3v) is 5.86. The molecule has 1 aliphatic carbocycles. The SMILES string of the molecule is Cc1ccc2c(c1)C=Cc1nc(C)sc1C2c1cn(C)c(=O)[nH]c1=S. The number of rotatable bonds is 1. The van der Waals surface area contributed by atoms with Crippen LogP contribution in [0.5, 0.6) is 0 Å². The zero-order chi connectivity index (χ0) is 17.7. The Kier molecular flexibility index (Phi) is 3.81. The fourth-order valence-corrected chi connectivity index (χ4v) is 4.60. The van der Waals surface area contributed by atoms with Crippen molar-refractivity contribution in [2.75, 3.05) is 0 Å². The van der Waals surface area contributed by atoms with Gasteiger partial charge in [0.1, 0.15) is 4.64 Å². The van der Waals surface area contributed by atoms with Gasteiger partial charge in [0.05, 0.1) is 16.6 Å². The highest BCUT2D eigenvalue weighted by molar-refractivity contribution is 7.71. The summed E-state index contributed by atoms with van der Waals surface area (Å²) in [5, 5.41) is 1.02. The third-order valence-electron chi connectivity index (χ3n) is 4.47. The molecule has 6 heteroatoms. The molecule has 1 N–H and O–H groups in total. The Balaban J connectivity index is 2.07. The van der Waals surface area contributed by atoms with Gasteiger partial charge in [-0.25, -0.2) is 9.78 Å². The second kappa shape index (κ2) is 5.89. The number of fused-ring (bicyclic) bond motifs is 2. The molecule has 2 aromatic heterocycles. The van der Waals surface area contributed by atoms with Gasteiger partial charge in [0, 0.05) is 23.7 Å². The minimum Gasteiger partial charge on any atom is -0.304 e. The lowest BCUT2D eigenvalue weighted by molar-refractivity contribution is 0.776. The third kappa shape index (κ3) is 2.71. The maximum absolute atomic E-state index is 11.9. The Morgan fingerprint density at radius 3 is 2.84 bits per heavy atom. The van der Waals surface area contributed by atoms with Crippen LogP contribution < -0.4 is 5.69 Å². The van der Waals surface area contributed by atoms with Crippen molar-refractivity contribution >= 4 is 35.7 Å². The molecule has 3 aromatic rings. The molecule has 0 spiro atoms. The molecule has 0 fully saturated rings. The number of benzene rings is 1. The van der Waals surface area contributed by atoms with Gasteiger partial charge < -0.3 is 4.57 Å². The van der Waals surface area contributed by atoms with Crippen molar-refractivity contribution in [3.8, 4) is 0 Å². The number of hydrogen-bond donors (Lipinski definition) is 1. The van der Waals surface area contributed by atoms with Crippen molar-refractivity contribution < 1.29 is 0 Å². The van der Waals surface area contributed by atoms with Gasteiger partial charge in [0.15, 0.2) is 0 Å². The Hall–Kier alpha value is -2.31. The van der Waals surface area contributed by atoms with Crippen LogP contribution in [0.15, 0.2) is 29.2 Å². The Bertz CT molecular complexity index is 1130. The van der Waals surface area contributed by atoms with Crippen LogP contribution in [0.1, 0.15) is 43.8 Å². The summed E-state index contributed by atoms with van der Waals surface area (Å²) in [4.78, 5) is 20.5. The van der Waals surface area contributed by atoms with Crippen LogP contribution in [0.25, 0.3) is 12.2 Å². The number of aromatic amines is 1. The van der Waals surface area contributed by atoms with E-state index in [2.05, 4.69) is 47.2 Å². The molecule has 0 aliphatic heterocycles. The number of nitrogens with zero attached hydrogens (tertiary/aromatic N) is 2. The van der Waals surface area contributed by atoms with Gasteiger partial charge in [-0.05, 0) is 31.1 Å². The predicted molar refractivity (Wildman–Crippen MR) is 105 cm³/mol. The number of H-pyrrole nitrogens is 1. The molecule has 0 saturated heterocycles. The molecular formula is C19H17N3OS2. The topological polar surface area (TPSA) is 50.7 Å². The van der Waals surface area contributed by atoms with Gasteiger partial charge >= 0.3 is 5.69 Å². The van der Waals surface area contributed by atoms with Crippen molar-refractivity contribution in [3.63, 3.8) is 0 Å². The minimum absolute atomic E-state index is 0.0395. The molecule has 1 aliphatic rings. The highest BCUT2D eigenvalue weighted by Gasteiger charge is 2.27. The summed E-state index contributed by atoms with van der Waals surface area (Å²) < 4.78 is 2.03. The molecule has 0 radical (unpaired) electrons. The molecule has 0 bridgehead atoms. The van der Waals surface area contributed by atoms with Crippen LogP contribution in [0, 0.1) is 18.5 Å². The molecule has 25 heavy (non-hydrogen) atoms. The van der Waals surface area contributed by atoms with Crippen LogP contribution in [0.3, 0.4) is 0 Å². The average molecular weight is 367 g/mol. The highest BCUT2D eigenvalue weighted by atomic mass is 32.1. The molecule has 2 heterocycles. The van der Waals surface area contributed by atoms with E-state index >= 15 is 0 Å². The van der Waals surface area contributed by atoms with Gasteiger partial charge in [-0.3, -0.25) is 4.98 Å². The number of aryl methyl sites for hydroxylation is 3. The van der Waals surface area contributed by atoms with E-state index in [0.29, 0.717) is 4.64 Å². The van der Waals surface area contributed by atoms with E-state index in [4.69, 9.17) is 12.2 Å². The molecule has 0 saturated carbocycles. The van der Waals surface area contributed by atoms with Crippen molar-refractivity contribution in [3.05, 3.63) is 77.4 Å². The smallest absolute Gasteiger partial charge is 0.304 e. The quantitative estimate of drug-likeness (QED) is 0.514. The van der Waals surface area contributed by atoms with E-state index in [1.165, 1.54) is 11.1 Å². The summed E-state index contributed by atoms with van der Waals surface area (Å²) >= 11 is 7.19. The van der Waals surface area contributed by atoms with Crippen LogP contribution in [0.4, 0.5) is 0 Å². The fourth-order valence-electron chi connectivity index (χ4n) is 3.29. The summed E-state index contributed by atoms with van der Waals surface area (Å²) in [5.74, 6) is -0.0395. The van der Waals surface area contributed by atoms with Crippen molar-refractivity contribution in [1.82, 2.24) is 14.5 Å². The first-order chi connectivity index (χ1) is 11.9. The van der Waals surface area contributed by atoms with Crippen molar-refractivity contribution in [1.29, 1.82) is 0 Å². The zero-order valence-electron chi connectivity index (χ0n) is 14.2. The minimum atomic E-state index is -0.203. The maximum Gasteiger partial charge on any atom is 0.326 e. The van der Waals surface area contributed by atoms with Crippen LogP contribution in [-0.4, -0.2) is 14.5 Å². The van der Waals surface area contributed by atoms with Crippen LogP contribution in [-0.2, 0) is 7.05 Å². The van der Waals surface area contributed by atoms with Gasteiger partial charge in [0.25, 0.3) is 0 Å². The van der Waals surface area contributed by atoms with Crippen molar-refractivity contribution in [2.45, 2.75) is 19.8 Å². The first-order valence-electron chi connectivity index (χ1n) is 8.00. The summed E-state index contributed by atoms with van der Waals surface area (Å²) in [6.45, 7) is 4.10. The van der Waals surface area contributed by atoms with E-state index in [1.54, 1.807) is 23.0 Å². The summed E-state index contributed by atoms with van der Waals surface area (Å²) in [6.07, 6.45) is 6.04. The number of hydrogen-bond acceptors (Lipinski definition) is 4. The van der Waals surface area contributed by atoms with E-state index in [1.807, 2.05) is 13.1 Å². The molecular weight excluding hydrogens is 350 g/mol. The van der Waals surface area contributed by atoms with Gasteiger partial charge in [0.2, 0.25) is 0 Å². The Labute approximate surface area is 154 Å². The lowest BCUT2D eigenvalue weighted by Gasteiger charge is -2.19. The van der Waals surface area contributed by atoms with Gasteiger partial charge in [-0.2, -0.15) is 0 Å². The number of thiazole rings is 1. The van der Waals surface area contributed by atoms with E-state index in [0.717, 1.165) is 26.7 Å². The Morgan fingerprint density at radius 2 is 2.04 bits per heavy atom. The molecule has 1 atom stereocenters. The second-order valence-corrected chi connectivity index (χ2v) is 7.98. The number of aromatic nitrogens is 3. The van der Waals surface area contributed by atoms with E-state index < -0.39 is 0 Å². The average Bonchev–Trinajstić information content (AvgIpc) is 2.86. The van der Waals surface area contributed by atoms with Crippen LogP contribution >= 0.6 is 23.6 Å². The summed E-state index contributed by atoms with van der Waals surface area (Å²) in [6, 6.07) is 6.45. The van der Waals surface area contributed by atoms with Gasteiger partial charge in [-0.1, -0.05) is 42.1 Å². The molecule has 0 amide bonds. The fraction of sp³-hybridized carbons (Fsp3) is 0.211. The Morgan fingerprint density at radius 1 is 1.24 bits per heavy atom. The summed E-state index contributed by atoms with van der Waals surface area (Å²) in [5.41, 5.74) is 5.26. The molecule has 1 unspecified atom stereocenters. The highest BCUT2D eigenvalue weighted by Crippen LogP contribution is 2.42. The van der Waals surface area contributed by atoms with Crippen LogP contribution in [0.2, 0.25) is 0 Å². The normalized spacial score (nSPS) is 15.6. The second-order valence-electron chi connectivity index (χ2n) is 6.34. The summed E-state index contributed by atoms with van der Waals surface area (Å²) in [7, 11) is 1.74. The molecule has 4 rings (SSSR count). The predicted octanol–water partition coefficient (Wildman–Crippen LogP) is 4.18. The molecule has 1 aromatic carbocycles. The van der Waals surface area contributed by atoms with E-state index in [9.17, 15) is 4.79 Å². The van der Waals surface area contributed by atoms with Crippen molar-refractivity contribution in [2.24, 2.45) is 7.05 Å². The first kappa shape index (κ1) is 16.2. The van der Waals surface area contributed by atoms with E-state index in [-0.39, 0.29) is 11.6 Å². The lowest BCUT2D eigenvalue weighted by atomic mass is 9.88. The molecule has 4 nitrogen and oxygen atoms in total. The van der Waals surface area contributed by atoms with Gasteiger partial charge in [-0.15, -0.1) is 11.3 Å². The number of nitrogens with one attached hydrogen (secondary N) is 1.